The molecule has 0 bridgehead atoms. The van der Waals surface area contributed by atoms with Gasteiger partial charge in [-0.1, -0.05) is 11.6 Å². The van der Waals surface area contributed by atoms with E-state index in [4.69, 9.17) is 11.6 Å². The Morgan fingerprint density at radius 3 is 2.56 bits per heavy atom. The molecule has 6 nitrogen and oxygen atoms in total. The third kappa shape index (κ3) is 3.21. The Bertz CT molecular complexity index is 592. The minimum absolute atomic E-state index is 0.135. The summed E-state index contributed by atoms with van der Waals surface area (Å²) >= 11 is 11.9. The smallest absolute Gasteiger partial charge is 0.277 e. The van der Waals surface area contributed by atoms with E-state index in [0.29, 0.717) is 15.0 Å². The minimum Gasteiger partial charge on any atom is -0.303 e. The van der Waals surface area contributed by atoms with Crippen LogP contribution in [0.4, 0.5) is 5.82 Å². The molecule has 0 radical (unpaired) electrons. The van der Waals surface area contributed by atoms with Crippen molar-refractivity contribution in [1.82, 2.24) is 19.9 Å². The Balaban J connectivity index is 2.18. The van der Waals surface area contributed by atoms with Crippen LogP contribution in [-0.4, -0.2) is 25.8 Å². The molecule has 0 spiro atoms. The van der Waals surface area contributed by atoms with E-state index in [-0.39, 0.29) is 10.8 Å². The number of amides is 1. The molecule has 0 aliphatic rings. The van der Waals surface area contributed by atoms with Gasteiger partial charge in [0.2, 0.25) is 0 Å². The number of nitrogens with zero attached hydrogens (tertiary/aromatic N) is 4. The van der Waals surface area contributed by atoms with Gasteiger partial charge in [-0.05, 0) is 31.9 Å². The van der Waals surface area contributed by atoms with Gasteiger partial charge in [-0.15, -0.1) is 0 Å². The van der Waals surface area contributed by atoms with Gasteiger partial charge in [-0.25, -0.2) is 19.9 Å². The van der Waals surface area contributed by atoms with E-state index < -0.39 is 5.91 Å². The second-order valence-electron chi connectivity index (χ2n) is 3.01. The molecule has 1 N–H and O–H groups in total. The summed E-state index contributed by atoms with van der Waals surface area (Å²) in [6.07, 6.45) is 4.03. The molecular weight excluding hydrogens is 389 g/mol. The van der Waals surface area contributed by atoms with Gasteiger partial charge in [0.25, 0.3) is 5.91 Å². The predicted molar refractivity (Wildman–Crippen MR) is 72.4 cm³/mol. The molecule has 18 heavy (non-hydrogen) atoms. The molecule has 2 rings (SSSR count). The van der Waals surface area contributed by atoms with Crippen LogP contribution in [0.2, 0.25) is 5.15 Å². The van der Waals surface area contributed by atoms with Crippen LogP contribution in [0.3, 0.4) is 0 Å². The molecule has 2 heterocycles. The summed E-state index contributed by atoms with van der Waals surface area (Å²) in [5.41, 5.74) is 0.135. The number of aromatic nitrogens is 4. The molecule has 0 atom stereocenters. The average molecular weight is 393 g/mol. The molecule has 0 saturated heterocycles. The van der Waals surface area contributed by atoms with Gasteiger partial charge in [-0.2, -0.15) is 0 Å². The van der Waals surface area contributed by atoms with E-state index in [9.17, 15) is 4.79 Å². The Morgan fingerprint density at radius 1 is 1.17 bits per heavy atom. The minimum atomic E-state index is -0.448. The van der Waals surface area contributed by atoms with Crippen LogP contribution < -0.4 is 5.32 Å². The lowest BCUT2D eigenvalue weighted by Gasteiger charge is -2.05. The number of hydrogen-bond donors (Lipinski definition) is 1. The third-order valence-electron chi connectivity index (χ3n) is 1.79. The number of hydrogen-bond acceptors (Lipinski definition) is 5. The van der Waals surface area contributed by atoms with Crippen molar-refractivity contribution in [3.05, 3.63) is 38.6 Å². The summed E-state index contributed by atoms with van der Waals surface area (Å²) < 4.78 is 0.964. The molecule has 2 aromatic heterocycles. The van der Waals surface area contributed by atoms with Gasteiger partial charge in [0.1, 0.15) is 20.1 Å². The number of rotatable bonds is 2. The standard InChI is InChI=1S/C9H4Br2ClN5O/c10-5-2-15-8(7(11)16-5)17-9(18)4-1-14-6(12)3-13-4/h1-3H,(H,15,17,18). The maximum atomic E-state index is 11.8. The fraction of sp³-hybridized carbons (Fsp3) is 0. The van der Waals surface area contributed by atoms with Crippen molar-refractivity contribution in [2.24, 2.45) is 0 Å². The summed E-state index contributed by atoms with van der Waals surface area (Å²) in [5.74, 6) is -0.156. The Hall–Kier alpha value is -1.12. The average Bonchev–Trinajstić information content (AvgIpc) is 2.33. The lowest BCUT2D eigenvalue weighted by atomic mass is 10.4. The second-order valence-corrected chi connectivity index (χ2v) is 4.96. The maximum absolute atomic E-state index is 11.8. The van der Waals surface area contributed by atoms with E-state index in [1.807, 2.05) is 0 Å². The fourth-order valence-electron chi connectivity index (χ4n) is 1.03. The zero-order valence-electron chi connectivity index (χ0n) is 8.56. The van der Waals surface area contributed by atoms with Crippen LogP contribution in [-0.2, 0) is 0 Å². The molecule has 1 amide bonds. The summed E-state index contributed by atoms with van der Waals surface area (Å²) in [7, 11) is 0. The van der Waals surface area contributed by atoms with Gasteiger partial charge in [0, 0.05) is 0 Å². The molecule has 0 aliphatic heterocycles. The first-order valence-corrected chi connectivity index (χ1v) is 6.49. The maximum Gasteiger partial charge on any atom is 0.277 e. The van der Waals surface area contributed by atoms with Crippen molar-refractivity contribution in [2.75, 3.05) is 5.32 Å². The number of carbonyl (C=O) groups is 1. The van der Waals surface area contributed by atoms with E-state index in [2.05, 4.69) is 57.1 Å². The highest BCUT2D eigenvalue weighted by Crippen LogP contribution is 2.19. The molecule has 0 unspecified atom stereocenters. The molecule has 0 aliphatic carbocycles. The van der Waals surface area contributed by atoms with Gasteiger partial charge in [0.15, 0.2) is 5.82 Å². The normalized spacial score (nSPS) is 10.2. The highest BCUT2D eigenvalue weighted by molar-refractivity contribution is 9.11. The van der Waals surface area contributed by atoms with Crippen LogP contribution in [0, 0.1) is 0 Å². The van der Waals surface area contributed by atoms with Gasteiger partial charge in [-0.3, -0.25) is 4.79 Å². The van der Waals surface area contributed by atoms with E-state index in [0.717, 1.165) is 0 Å². The quantitative estimate of drug-likeness (QED) is 0.849. The highest BCUT2D eigenvalue weighted by Gasteiger charge is 2.12. The van der Waals surface area contributed by atoms with E-state index in [1.165, 1.54) is 18.6 Å². The lowest BCUT2D eigenvalue weighted by molar-refractivity contribution is 0.102. The van der Waals surface area contributed by atoms with Gasteiger partial charge >= 0.3 is 0 Å². The fourth-order valence-corrected chi connectivity index (χ4v) is 2.04. The molecule has 0 aromatic carbocycles. The van der Waals surface area contributed by atoms with Crippen molar-refractivity contribution >= 4 is 55.2 Å². The monoisotopic (exact) mass is 391 g/mol. The summed E-state index contributed by atoms with van der Waals surface area (Å²) in [6.45, 7) is 0. The van der Waals surface area contributed by atoms with Crippen LogP contribution in [0.5, 0.6) is 0 Å². The van der Waals surface area contributed by atoms with Gasteiger partial charge in [0.05, 0.1) is 18.6 Å². The van der Waals surface area contributed by atoms with Crippen molar-refractivity contribution in [3.63, 3.8) is 0 Å². The van der Waals surface area contributed by atoms with Crippen molar-refractivity contribution in [1.29, 1.82) is 0 Å². The Morgan fingerprint density at radius 2 is 1.94 bits per heavy atom. The summed E-state index contributed by atoms with van der Waals surface area (Å²) in [5, 5.41) is 2.77. The molecule has 0 fully saturated rings. The summed E-state index contributed by atoms with van der Waals surface area (Å²) in [6, 6.07) is 0. The van der Waals surface area contributed by atoms with E-state index >= 15 is 0 Å². The lowest BCUT2D eigenvalue weighted by Crippen LogP contribution is -2.15. The molecular formula is C9H4Br2ClN5O. The number of halogens is 3. The first-order chi connectivity index (χ1) is 8.56. The van der Waals surface area contributed by atoms with Gasteiger partial charge < -0.3 is 5.32 Å². The van der Waals surface area contributed by atoms with Crippen molar-refractivity contribution in [3.8, 4) is 0 Å². The van der Waals surface area contributed by atoms with Crippen LogP contribution in [0.25, 0.3) is 0 Å². The first-order valence-electron chi connectivity index (χ1n) is 4.53. The van der Waals surface area contributed by atoms with Crippen molar-refractivity contribution in [2.45, 2.75) is 0 Å². The highest BCUT2D eigenvalue weighted by atomic mass is 79.9. The largest absolute Gasteiger partial charge is 0.303 e. The summed E-state index contributed by atoms with van der Waals surface area (Å²) in [4.78, 5) is 27.4. The first kappa shape index (κ1) is 13.3. The zero-order valence-corrected chi connectivity index (χ0v) is 12.5. The van der Waals surface area contributed by atoms with Crippen LogP contribution in [0.1, 0.15) is 10.5 Å². The van der Waals surface area contributed by atoms with Crippen molar-refractivity contribution < 1.29 is 4.79 Å². The number of anilines is 1. The molecule has 0 saturated carbocycles. The number of carbonyl (C=O) groups excluding carboxylic acids is 1. The van der Waals surface area contributed by atoms with E-state index in [1.54, 1.807) is 0 Å². The van der Waals surface area contributed by atoms with Crippen LogP contribution >= 0.6 is 43.5 Å². The Kier molecular flexibility index (Phi) is 4.20. The zero-order chi connectivity index (χ0) is 13.1. The third-order valence-corrected chi connectivity index (χ3v) is 2.92. The molecule has 2 aromatic rings. The molecule has 92 valence electrons. The SMILES string of the molecule is O=C(Nc1ncc(Br)nc1Br)c1cnc(Cl)cn1. The second kappa shape index (κ2) is 5.68. The Labute approximate surface area is 123 Å². The topological polar surface area (TPSA) is 80.7 Å². The van der Waals surface area contributed by atoms with Crippen LogP contribution in [0.15, 0.2) is 27.8 Å². The predicted octanol–water partition coefficient (Wildman–Crippen LogP) is 2.70. The number of nitrogens with one attached hydrogen (secondary N) is 1. The molecule has 9 heteroatoms.